The lowest BCUT2D eigenvalue weighted by Gasteiger charge is -2.26. The predicted molar refractivity (Wildman–Crippen MR) is 98.0 cm³/mol. The minimum absolute atomic E-state index is 0.0838. The molecular formula is C19H12ClN3O4. The van der Waals surface area contributed by atoms with E-state index in [1.54, 1.807) is 24.3 Å². The number of nitriles is 1. The number of carbonyl (C=O) groups excluding carboxylic acids is 3. The number of benzene rings is 2. The van der Waals surface area contributed by atoms with Crippen molar-refractivity contribution in [3.63, 3.8) is 0 Å². The largest absolute Gasteiger partial charge is 0.479 e. The van der Waals surface area contributed by atoms with Crippen LogP contribution in [0.1, 0.15) is 5.56 Å². The van der Waals surface area contributed by atoms with Gasteiger partial charge in [-0.1, -0.05) is 23.7 Å². The van der Waals surface area contributed by atoms with Crippen molar-refractivity contribution in [2.75, 3.05) is 11.5 Å². The number of rotatable bonds is 4. The van der Waals surface area contributed by atoms with Crippen molar-refractivity contribution in [3.05, 3.63) is 64.7 Å². The summed E-state index contributed by atoms with van der Waals surface area (Å²) in [7, 11) is 0. The first-order valence-electron chi connectivity index (χ1n) is 7.76. The number of imide groups is 2. The Morgan fingerprint density at radius 3 is 2.37 bits per heavy atom. The number of hydrogen-bond acceptors (Lipinski definition) is 5. The van der Waals surface area contributed by atoms with Crippen LogP contribution in [-0.4, -0.2) is 24.5 Å². The summed E-state index contributed by atoms with van der Waals surface area (Å²) in [6.45, 7) is -0.0838. The Labute approximate surface area is 159 Å². The van der Waals surface area contributed by atoms with E-state index in [4.69, 9.17) is 21.6 Å². The van der Waals surface area contributed by atoms with E-state index in [0.717, 1.165) is 4.90 Å². The van der Waals surface area contributed by atoms with E-state index in [9.17, 15) is 14.4 Å². The van der Waals surface area contributed by atoms with Gasteiger partial charge in [-0.15, -0.1) is 0 Å². The first kappa shape index (κ1) is 18.2. The zero-order valence-corrected chi connectivity index (χ0v) is 14.6. The number of hydrogen-bond donors (Lipinski definition) is 1. The Morgan fingerprint density at radius 1 is 1.07 bits per heavy atom. The molecule has 1 saturated heterocycles. The third kappa shape index (κ3) is 3.97. The molecule has 0 spiro atoms. The van der Waals surface area contributed by atoms with Gasteiger partial charge in [0.25, 0.3) is 11.8 Å². The Morgan fingerprint density at radius 2 is 1.74 bits per heavy atom. The Bertz CT molecular complexity index is 976. The molecule has 0 radical (unpaired) electrons. The molecule has 134 valence electrons. The van der Waals surface area contributed by atoms with Crippen molar-refractivity contribution in [3.8, 4) is 11.8 Å². The molecule has 4 amide bonds. The average Bonchev–Trinajstić information content (AvgIpc) is 2.66. The highest BCUT2D eigenvalue weighted by Gasteiger charge is 2.36. The lowest BCUT2D eigenvalue weighted by Crippen LogP contribution is -2.54. The third-order valence-corrected chi connectivity index (χ3v) is 3.93. The zero-order valence-electron chi connectivity index (χ0n) is 13.8. The van der Waals surface area contributed by atoms with Gasteiger partial charge in [0.1, 0.15) is 17.4 Å². The van der Waals surface area contributed by atoms with E-state index >= 15 is 0 Å². The Kier molecular flexibility index (Phi) is 5.20. The van der Waals surface area contributed by atoms with Crippen LogP contribution in [0, 0.1) is 11.3 Å². The van der Waals surface area contributed by atoms with E-state index in [-0.39, 0.29) is 12.2 Å². The second-order valence-corrected chi connectivity index (χ2v) is 5.89. The van der Waals surface area contributed by atoms with Crippen molar-refractivity contribution in [2.24, 2.45) is 0 Å². The number of anilines is 1. The molecule has 1 fully saturated rings. The second-order valence-electron chi connectivity index (χ2n) is 5.45. The molecule has 1 heterocycles. The maximum absolute atomic E-state index is 12.7. The molecule has 7 nitrogen and oxygen atoms in total. The standard InChI is InChI=1S/C19H12ClN3O4/c20-13-3-5-14(6-4-13)23-18(25)16(17(24)22-19(23)26)11-12-1-7-15(8-2-12)27-10-9-21/h1-8,11H,10H2,(H,22,24,26)/b16-11+. The van der Waals surface area contributed by atoms with Gasteiger partial charge >= 0.3 is 6.03 Å². The SMILES string of the molecule is N#CCOc1ccc(/C=C2\C(=O)NC(=O)N(c3ccc(Cl)cc3)C2=O)cc1. The molecule has 27 heavy (non-hydrogen) atoms. The molecule has 0 unspecified atom stereocenters. The molecule has 0 aliphatic carbocycles. The molecule has 2 aromatic carbocycles. The first-order valence-corrected chi connectivity index (χ1v) is 8.14. The fourth-order valence-electron chi connectivity index (χ4n) is 2.42. The number of barbiturate groups is 1. The van der Waals surface area contributed by atoms with E-state index in [2.05, 4.69) is 5.32 Å². The molecular weight excluding hydrogens is 370 g/mol. The molecule has 8 heteroatoms. The Balaban J connectivity index is 1.89. The second kappa shape index (κ2) is 7.72. The number of nitrogens with zero attached hydrogens (tertiary/aromatic N) is 2. The molecule has 0 bridgehead atoms. The molecule has 2 aromatic rings. The Hall–Kier alpha value is -3.63. The number of nitrogens with one attached hydrogen (secondary N) is 1. The minimum Gasteiger partial charge on any atom is -0.479 e. The summed E-state index contributed by atoms with van der Waals surface area (Å²) in [5.41, 5.74) is 0.666. The summed E-state index contributed by atoms with van der Waals surface area (Å²) < 4.78 is 5.15. The van der Waals surface area contributed by atoms with Gasteiger partial charge in [-0.3, -0.25) is 14.9 Å². The summed E-state index contributed by atoms with van der Waals surface area (Å²) in [4.78, 5) is 37.8. The van der Waals surface area contributed by atoms with E-state index in [1.165, 1.54) is 30.3 Å². The smallest absolute Gasteiger partial charge is 0.335 e. The summed E-state index contributed by atoms with van der Waals surface area (Å²) in [6, 6.07) is 13.6. The van der Waals surface area contributed by atoms with Gasteiger partial charge in [-0.05, 0) is 48.0 Å². The van der Waals surface area contributed by atoms with Gasteiger partial charge in [-0.25, -0.2) is 9.69 Å². The van der Waals surface area contributed by atoms with Gasteiger partial charge in [0.15, 0.2) is 6.61 Å². The van der Waals surface area contributed by atoms with Crippen LogP contribution in [0.15, 0.2) is 54.1 Å². The summed E-state index contributed by atoms with van der Waals surface area (Å²) in [5.74, 6) is -1.04. The summed E-state index contributed by atoms with van der Waals surface area (Å²) in [5, 5.41) is 11.1. The molecule has 1 aliphatic heterocycles. The van der Waals surface area contributed by atoms with Crippen molar-refractivity contribution in [2.45, 2.75) is 0 Å². The first-order chi connectivity index (χ1) is 13.0. The quantitative estimate of drug-likeness (QED) is 0.648. The van der Waals surface area contributed by atoms with Crippen molar-refractivity contribution in [1.29, 1.82) is 5.26 Å². The molecule has 1 aliphatic rings. The average molecular weight is 382 g/mol. The number of ether oxygens (including phenoxy) is 1. The monoisotopic (exact) mass is 381 g/mol. The third-order valence-electron chi connectivity index (χ3n) is 3.68. The summed E-state index contributed by atoms with van der Waals surface area (Å²) in [6.07, 6.45) is 1.38. The fraction of sp³-hybridized carbons (Fsp3) is 0.0526. The number of urea groups is 1. The topological polar surface area (TPSA) is 99.5 Å². The van der Waals surface area contributed by atoms with Crippen LogP contribution in [0.4, 0.5) is 10.5 Å². The zero-order chi connectivity index (χ0) is 19.4. The maximum Gasteiger partial charge on any atom is 0.335 e. The van der Waals surface area contributed by atoms with Gasteiger partial charge in [0.05, 0.1) is 5.69 Å². The van der Waals surface area contributed by atoms with Gasteiger partial charge in [-0.2, -0.15) is 5.26 Å². The van der Waals surface area contributed by atoms with Crippen LogP contribution in [0.25, 0.3) is 6.08 Å². The van der Waals surface area contributed by atoms with Crippen LogP contribution in [0.3, 0.4) is 0 Å². The molecule has 0 aromatic heterocycles. The number of amides is 4. The van der Waals surface area contributed by atoms with Crippen LogP contribution in [-0.2, 0) is 9.59 Å². The van der Waals surface area contributed by atoms with Crippen LogP contribution in [0.5, 0.6) is 5.75 Å². The van der Waals surface area contributed by atoms with Crippen molar-refractivity contribution in [1.82, 2.24) is 5.32 Å². The molecule has 1 N–H and O–H groups in total. The predicted octanol–water partition coefficient (Wildman–Crippen LogP) is 2.91. The van der Waals surface area contributed by atoms with Crippen molar-refractivity contribution >= 4 is 41.2 Å². The van der Waals surface area contributed by atoms with E-state index in [1.807, 2.05) is 6.07 Å². The highest BCUT2D eigenvalue weighted by atomic mass is 35.5. The molecule has 0 saturated carbocycles. The van der Waals surface area contributed by atoms with Crippen LogP contribution < -0.4 is 15.0 Å². The number of halogens is 1. The van der Waals surface area contributed by atoms with Crippen molar-refractivity contribution < 1.29 is 19.1 Å². The molecule has 3 rings (SSSR count). The lowest BCUT2D eigenvalue weighted by atomic mass is 10.1. The van der Waals surface area contributed by atoms with Gasteiger partial charge in [0, 0.05) is 5.02 Å². The van der Waals surface area contributed by atoms with E-state index in [0.29, 0.717) is 22.0 Å². The lowest BCUT2D eigenvalue weighted by molar-refractivity contribution is -0.122. The summed E-state index contributed by atoms with van der Waals surface area (Å²) >= 11 is 5.83. The highest BCUT2D eigenvalue weighted by molar-refractivity contribution is 6.39. The fourth-order valence-corrected chi connectivity index (χ4v) is 2.55. The van der Waals surface area contributed by atoms with Gasteiger partial charge in [0.2, 0.25) is 0 Å². The maximum atomic E-state index is 12.7. The normalized spacial score (nSPS) is 15.5. The highest BCUT2D eigenvalue weighted by Crippen LogP contribution is 2.24. The van der Waals surface area contributed by atoms with E-state index < -0.39 is 17.8 Å². The van der Waals surface area contributed by atoms with Crippen LogP contribution >= 0.6 is 11.6 Å². The number of carbonyl (C=O) groups is 3. The minimum atomic E-state index is -0.829. The van der Waals surface area contributed by atoms with Crippen LogP contribution in [0.2, 0.25) is 5.02 Å². The molecule has 0 atom stereocenters. The van der Waals surface area contributed by atoms with Gasteiger partial charge < -0.3 is 4.74 Å².